The second kappa shape index (κ2) is 7.11. The summed E-state index contributed by atoms with van der Waals surface area (Å²) < 4.78 is 36.8. The van der Waals surface area contributed by atoms with Gasteiger partial charge in [-0.3, -0.25) is 4.79 Å². The van der Waals surface area contributed by atoms with Crippen LogP contribution in [0.1, 0.15) is 19.8 Å². The maximum Gasteiger partial charge on any atom is 0.310 e. The van der Waals surface area contributed by atoms with Gasteiger partial charge in [-0.2, -0.15) is 4.31 Å². The molecule has 1 atom stereocenters. The number of rotatable bonds is 5. The first-order valence-electron chi connectivity index (χ1n) is 7.30. The lowest BCUT2D eigenvalue weighted by Gasteiger charge is -2.30. The van der Waals surface area contributed by atoms with Gasteiger partial charge in [0.1, 0.15) is 5.75 Å². The summed E-state index contributed by atoms with van der Waals surface area (Å²) in [6, 6.07) is 6.35. The summed E-state index contributed by atoms with van der Waals surface area (Å²) in [5.74, 6) is -0.234. The summed E-state index contributed by atoms with van der Waals surface area (Å²) in [7, 11) is -2.14. The zero-order chi connectivity index (χ0) is 16.2. The van der Waals surface area contributed by atoms with Crippen molar-refractivity contribution in [2.24, 2.45) is 5.92 Å². The molecule has 1 saturated heterocycles. The van der Waals surface area contributed by atoms with Gasteiger partial charge in [0.15, 0.2) is 0 Å². The van der Waals surface area contributed by atoms with Crippen LogP contribution in [0, 0.1) is 5.92 Å². The van der Waals surface area contributed by atoms with Crippen LogP contribution in [0.25, 0.3) is 0 Å². The SMILES string of the molecule is CCOC(=O)C1CCCN(S(=O)(=O)c2cccc(OC)c2)C1. The van der Waals surface area contributed by atoms with Crippen molar-refractivity contribution >= 4 is 16.0 Å². The fraction of sp³-hybridized carbons (Fsp3) is 0.533. The van der Waals surface area contributed by atoms with E-state index < -0.39 is 15.9 Å². The predicted molar refractivity (Wildman–Crippen MR) is 81.1 cm³/mol. The van der Waals surface area contributed by atoms with Gasteiger partial charge in [-0.05, 0) is 31.9 Å². The van der Waals surface area contributed by atoms with Crippen LogP contribution in [-0.2, 0) is 19.6 Å². The van der Waals surface area contributed by atoms with Crippen molar-refractivity contribution in [3.63, 3.8) is 0 Å². The largest absolute Gasteiger partial charge is 0.497 e. The monoisotopic (exact) mass is 327 g/mol. The van der Waals surface area contributed by atoms with Gasteiger partial charge in [-0.15, -0.1) is 0 Å². The molecule has 0 radical (unpaired) electrons. The molecule has 1 aromatic carbocycles. The van der Waals surface area contributed by atoms with Crippen LogP contribution in [0.3, 0.4) is 0 Å². The summed E-state index contributed by atoms with van der Waals surface area (Å²) >= 11 is 0. The highest BCUT2D eigenvalue weighted by Crippen LogP contribution is 2.26. The molecular formula is C15H21NO5S. The number of methoxy groups -OCH3 is 1. The lowest BCUT2D eigenvalue weighted by Crippen LogP contribution is -2.42. The van der Waals surface area contributed by atoms with Gasteiger partial charge in [0.2, 0.25) is 10.0 Å². The van der Waals surface area contributed by atoms with E-state index in [9.17, 15) is 13.2 Å². The molecule has 6 nitrogen and oxygen atoms in total. The molecule has 122 valence electrons. The quantitative estimate of drug-likeness (QED) is 0.769. The normalized spacial score (nSPS) is 19.6. The van der Waals surface area contributed by atoms with E-state index >= 15 is 0 Å². The van der Waals surface area contributed by atoms with E-state index in [1.807, 2.05) is 0 Å². The molecular weight excluding hydrogens is 306 g/mol. The summed E-state index contributed by atoms with van der Waals surface area (Å²) in [5.41, 5.74) is 0. The number of esters is 1. The molecule has 0 amide bonds. The first-order valence-corrected chi connectivity index (χ1v) is 8.74. The van der Waals surface area contributed by atoms with E-state index in [4.69, 9.17) is 9.47 Å². The Morgan fingerprint density at radius 2 is 2.18 bits per heavy atom. The first-order chi connectivity index (χ1) is 10.5. The molecule has 0 aromatic heterocycles. The Morgan fingerprint density at radius 3 is 2.86 bits per heavy atom. The molecule has 0 aliphatic carbocycles. The highest BCUT2D eigenvalue weighted by molar-refractivity contribution is 7.89. The van der Waals surface area contributed by atoms with Crippen LogP contribution in [0.15, 0.2) is 29.2 Å². The number of hydrogen-bond acceptors (Lipinski definition) is 5. The Kier molecular flexibility index (Phi) is 5.42. The lowest BCUT2D eigenvalue weighted by atomic mass is 10.0. The van der Waals surface area contributed by atoms with Gasteiger partial charge < -0.3 is 9.47 Å². The average molecular weight is 327 g/mol. The summed E-state index contributed by atoms with van der Waals surface area (Å²) in [6.07, 6.45) is 1.30. The molecule has 1 heterocycles. The van der Waals surface area contributed by atoms with Crippen molar-refractivity contribution < 1.29 is 22.7 Å². The predicted octanol–water partition coefficient (Wildman–Crippen LogP) is 1.66. The van der Waals surface area contributed by atoms with Crippen molar-refractivity contribution in [3.8, 4) is 5.75 Å². The van der Waals surface area contributed by atoms with Crippen molar-refractivity contribution in [2.45, 2.75) is 24.7 Å². The smallest absolute Gasteiger partial charge is 0.310 e. The third-order valence-electron chi connectivity index (χ3n) is 3.68. The summed E-state index contributed by atoms with van der Waals surface area (Å²) in [6.45, 7) is 2.62. The van der Waals surface area contributed by atoms with E-state index in [1.54, 1.807) is 19.1 Å². The van der Waals surface area contributed by atoms with Crippen LogP contribution in [0.2, 0.25) is 0 Å². The molecule has 2 rings (SSSR count). The van der Waals surface area contributed by atoms with Gasteiger partial charge in [0, 0.05) is 19.2 Å². The van der Waals surface area contributed by atoms with Crippen LogP contribution in [-0.4, -0.2) is 45.5 Å². The van der Waals surface area contributed by atoms with Crippen molar-refractivity contribution in [1.82, 2.24) is 4.31 Å². The Morgan fingerprint density at radius 1 is 1.41 bits per heavy atom. The van der Waals surface area contributed by atoms with Gasteiger partial charge in [0.05, 0.1) is 24.5 Å². The van der Waals surface area contributed by atoms with Crippen LogP contribution < -0.4 is 4.74 Å². The zero-order valence-electron chi connectivity index (χ0n) is 12.8. The van der Waals surface area contributed by atoms with Gasteiger partial charge >= 0.3 is 5.97 Å². The van der Waals surface area contributed by atoms with E-state index in [-0.39, 0.29) is 17.4 Å². The number of benzene rings is 1. The highest BCUT2D eigenvalue weighted by Gasteiger charge is 2.34. The van der Waals surface area contributed by atoms with Crippen LogP contribution >= 0.6 is 0 Å². The van der Waals surface area contributed by atoms with Gasteiger partial charge in [-0.25, -0.2) is 8.42 Å². The second-order valence-corrected chi connectivity index (χ2v) is 7.07. The fourth-order valence-electron chi connectivity index (χ4n) is 2.52. The Bertz CT molecular complexity index is 629. The third-order valence-corrected chi connectivity index (χ3v) is 5.54. The maximum atomic E-state index is 12.7. The number of piperidine rings is 1. The minimum atomic E-state index is -3.63. The first kappa shape index (κ1) is 16.8. The number of carbonyl (C=O) groups excluding carboxylic acids is 1. The number of ether oxygens (including phenoxy) is 2. The van der Waals surface area contributed by atoms with E-state index in [0.29, 0.717) is 31.7 Å². The number of nitrogens with zero attached hydrogens (tertiary/aromatic N) is 1. The van der Waals surface area contributed by atoms with Crippen molar-refractivity contribution in [3.05, 3.63) is 24.3 Å². The van der Waals surface area contributed by atoms with Gasteiger partial charge in [-0.1, -0.05) is 6.07 Å². The molecule has 0 spiro atoms. The fourth-order valence-corrected chi connectivity index (χ4v) is 4.08. The third kappa shape index (κ3) is 3.59. The zero-order valence-corrected chi connectivity index (χ0v) is 13.6. The molecule has 1 unspecified atom stereocenters. The molecule has 1 fully saturated rings. The minimum Gasteiger partial charge on any atom is -0.497 e. The molecule has 1 aromatic rings. The van der Waals surface area contributed by atoms with E-state index in [1.165, 1.54) is 23.5 Å². The molecule has 22 heavy (non-hydrogen) atoms. The lowest BCUT2D eigenvalue weighted by molar-refractivity contribution is -0.149. The molecule has 7 heteroatoms. The Labute approximate surface area is 131 Å². The number of hydrogen-bond donors (Lipinski definition) is 0. The van der Waals surface area contributed by atoms with Crippen molar-refractivity contribution in [1.29, 1.82) is 0 Å². The van der Waals surface area contributed by atoms with E-state index in [0.717, 1.165) is 0 Å². The molecule has 1 aliphatic heterocycles. The van der Waals surface area contributed by atoms with E-state index in [2.05, 4.69) is 0 Å². The standard InChI is InChI=1S/C15H21NO5S/c1-3-21-15(17)12-6-5-9-16(11-12)22(18,19)14-8-4-7-13(10-14)20-2/h4,7-8,10,12H,3,5-6,9,11H2,1-2H3. The van der Waals surface area contributed by atoms with Crippen molar-refractivity contribution in [2.75, 3.05) is 26.8 Å². The highest BCUT2D eigenvalue weighted by atomic mass is 32.2. The summed E-state index contributed by atoms with van der Waals surface area (Å²) in [5, 5.41) is 0. The molecule has 1 aliphatic rings. The second-order valence-electron chi connectivity index (χ2n) is 5.13. The number of sulfonamides is 1. The topological polar surface area (TPSA) is 72.9 Å². The summed E-state index contributed by atoms with van der Waals surface area (Å²) in [4.78, 5) is 12.0. The Balaban J connectivity index is 2.19. The molecule has 0 bridgehead atoms. The number of carbonyl (C=O) groups is 1. The Hall–Kier alpha value is -1.60. The average Bonchev–Trinajstić information content (AvgIpc) is 2.55. The maximum absolute atomic E-state index is 12.7. The minimum absolute atomic E-state index is 0.165. The molecule has 0 N–H and O–H groups in total. The van der Waals surface area contributed by atoms with Gasteiger partial charge in [0.25, 0.3) is 0 Å². The molecule has 0 saturated carbocycles. The van der Waals surface area contributed by atoms with Crippen LogP contribution in [0.4, 0.5) is 0 Å². The van der Waals surface area contributed by atoms with Crippen LogP contribution in [0.5, 0.6) is 5.75 Å².